The van der Waals surface area contributed by atoms with Crippen molar-refractivity contribution in [3.63, 3.8) is 0 Å². The molecule has 1 aromatic heterocycles. The van der Waals surface area contributed by atoms with Crippen LogP contribution in [0.3, 0.4) is 0 Å². The van der Waals surface area contributed by atoms with Gasteiger partial charge in [0.15, 0.2) is 0 Å². The van der Waals surface area contributed by atoms with Gasteiger partial charge in [0.25, 0.3) is 5.91 Å². The van der Waals surface area contributed by atoms with Crippen LogP contribution in [0.4, 0.5) is 11.4 Å². The highest BCUT2D eigenvalue weighted by atomic mass is 35.5. The Kier molecular flexibility index (Phi) is 5.33. The van der Waals surface area contributed by atoms with Gasteiger partial charge in [0.2, 0.25) is 0 Å². The molecule has 1 fully saturated rings. The van der Waals surface area contributed by atoms with E-state index in [-0.39, 0.29) is 12.0 Å². The third-order valence-electron chi connectivity index (χ3n) is 3.98. The number of nitrogens with one attached hydrogen (secondary N) is 2. The van der Waals surface area contributed by atoms with Crippen LogP contribution in [0, 0.1) is 6.92 Å². The number of nitrogens with zero attached hydrogens (tertiary/aromatic N) is 1. The Labute approximate surface area is 146 Å². The van der Waals surface area contributed by atoms with Gasteiger partial charge in [-0.2, -0.15) is 0 Å². The minimum absolute atomic E-state index is 0.125. The molecule has 6 heteroatoms. The summed E-state index contributed by atoms with van der Waals surface area (Å²) in [7, 11) is 0. The first-order valence-electron chi connectivity index (χ1n) is 8.00. The second kappa shape index (κ2) is 7.64. The molecule has 1 saturated heterocycles. The highest BCUT2D eigenvalue weighted by Gasteiger charge is 2.17. The van der Waals surface area contributed by atoms with E-state index in [1.165, 1.54) is 0 Å². The van der Waals surface area contributed by atoms with E-state index in [4.69, 9.17) is 16.3 Å². The van der Waals surface area contributed by atoms with Gasteiger partial charge in [-0.05, 0) is 49.6 Å². The first-order chi connectivity index (χ1) is 11.6. The molecule has 1 aliphatic rings. The fraction of sp³-hybridized carbons (Fsp3) is 0.333. The highest BCUT2D eigenvalue weighted by molar-refractivity contribution is 6.30. The molecule has 2 N–H and O–H groups in total. The molecule has 2 heterocycles. The van der Waals surface area contributed by atoms with Crippen molar-refractivity contribution in [2.24, 2.45) is 0 Å². The Balaban J connectivity index is 1.65. The van der Waals surface area contributed by atoms with Crippen LogP contribution in [0.2, 0.25) is 5.02 Å². The van der Waals surface area contributed by atoms with E-state index in [0.29, 0.717) is 17.1 Å². The van der Waals surface area contributed by atoms with Crippen LogP contribution in [-0.4, -0.2) is 30.1 Å². The maximum Gasteiger partial charge on any atom is 0.253 e. The van der Waals surface area contributed by atoms with Crippen molar-refractivity contribution in [3.8, 4) is 0 Å². The van der Waals surface area contributed by atoms with Crippen molar-refractivity contribution >= 4 is 28.9 Å². The number of ether oxygens (including phenoxy) is 1. The lowest BCUT2D eigenvalue weighted by atomic mass is 10.2. The Bertz CT molecular complexity index is 730. The van der Waals surface area contributed by atoms with E-state index in [1.807, 2.05) is 25.1 Å². The van der Waals surface area contributed by atoms with Gasteiger partial charge in [0, 0.05) is 30.1 Å². The third-order valence-corrected chi connectivity index (χ3v) is 4.22. The summed E-state index contributed by atoms with van der Waals surface area (Å²) >= 11 is 5.97. The van der Waals surface area contributed by atoms with Gasteiger partial charge in [0.1, 0.15) is 0 Å². The van der Waals surface area contributed by atoms with Crippen molar-refractivity contribution in [2.75, 3.05) is 18.5 Å². The van der Waals surface area contributed by atoms with Crippen LogP contribution in [0.5, 0.6) is 0 Å². The number of rotatable bonds is 5. The summed E-state index contributed by atoms with van der Waals surface area (Å²) in [6.45, 7) is 3.29. The number of pyridine rings is 1. The number of halogens is 1. The summed E-state index contributed by atoms with van der Waals surface area (Å²) in [6, 6.07) is 7.39. The highest BCUT2D eigenvalue weighted by Crippen LogP contribution is 2.23. The number of hydrogen-bond acceptors (Lipinski definition) is 4. The molecule has 1 amide bonds. The zero-order valence-electron chi connectivity index (χ0n) is 13.5. The van der Waals surface area contributed by atoms with Crippen LogP contribution in [-0.2, 0) is 4.74 Å². The van der Waals surface area contributed by atoms with Crippen molar-refractivity contribution in [1.82, 2.24) is 10.3 Å². The summed E-state index contributed by atoms with van der Waals surface area (Å²) in [6.07, 6.45) is 5.42. The smallest absolute Gasteiger partial charge is 0.253 e. The van der Waals surface area contributed by atoms with Gasteiger partial charge in [-0.1, -0.05) is 11.6 Å². The predicted octanol–water partition coefficient (Wildman–Crippen LogP) is 3.70. The fourth-order valence-electron chi connectivity index (χ4n) is 2.67. The maximum absolute atomic E-state index is 12.3. The van der Waals surface area contributed by atoms with Crippen molar-refractivity contribution in [1.29, 1.82) is 0 Å². The van der Waals surface area contributed by atoms with E-state index in [9.17, 15) is 4.79 Å². The molecular weight excluding hydrogens is 326 g/mol. The van der Waals surface area contributed by atoms with Gasteiger partial charge >= 0.3 is 0 Å². The summed E-state index contributed by atoms with van der Waals surface area (Å²) in [5.74, 6) is -0.144. The number of anilines is 2. The maximum atomic E-state index is 12.3. The first kappa shape index (κ1) is 16.7. The van der Waals surface area contributed by atoms with Crippen LogP contribution in [0.25, 0.3) is 0 Å². The van der Waals surface area contributed by atoms with Crippen molar-refractivity contribution < 1.29 is 9.53 Å². The number of hydrogen-bond donors (Lipinski definition) is 2. The zero-order chi connectivity index (χ0) is 16.9. The van der Waals surface area contributed by atoms with E-state index in [1.54, 1.807) is 18.5 Å². The molecule has 0 saturated carbocycles. The standard InChI is InChI=1S/C18H20ClN3O2/c1-12-7-14(19)4-5-17(12)22-15-8-13(9-20-10-15)18(23)21-11-16-3-2-6-24-16/h4-5,7-10,16,22H,2-3,6,11H2,1H3,(H,21,23). The first-order valence-corrected chi connectivity index (χ1v) is 8.37. The van der Waals surface area contributed by atoms with Gasteiger partial charge in [0.05, 0.1) is 23.6 Å². The lowest BCUT2D eigenvalue weighted by Crippen LogP contribution is -2.31. The average Bonchev–Trinajstić information content (AvgIpc) is 3.09. The number of carbonyl (C=O) groups is 1. The Morgan fingerprint density at radius 3 is 3.00 bits per heavy atom. The second-order valence-electron chi connectivity index (χ2n) is 5.89. The summed E-state index contributed by atoms with van der Waals surface area (Å²) in [5.41, 5.74) is 3.23. The number of benzene rings is 1. The fourth-order valence-corrected chi connectivity index (χ4v) is 2.90. The molecule has 1 unspecified atom stereocenters. The second-order valence-corrected chi connectivity index (χ2v) is 6.33. The molecule has 0 bridgehead atoms. The molecule has 0 spiro atoms. The molecule has 3 rings (SSSR count). The Morgan fingerprint density at radius 2 is 2.25 bits per heavy atom. The molecular formula is C18H20ClN3O2. The SMILES string of the molecule is Cc1cc(Cl)ccc1Nc1cncc(C(=O)NCC2CCCO2)c1. The quantitative estimate of drug-likeness (QED) is 0.867. The normalized spacial score (nSPS) is 16.8. The average molecular weight is 346 g/mol. The van der Waals surface area contributed by atoms with Gasteiger partial charge in [-0.25, -0.2) is 0 Å². The molecule has 24 heavy (non-hydrogen) atoms. The molecule has 1 atom stereocenters. The lowest BCUT2D eigenvalue weighted by molar-refractivity contribution is 0.0857. The predicted molar refractivity (Wildman–Crippen MR) is 95.0 cm³/mol. The van der Waals surface area contributed by atoms with Gasteiger partial charge < -0.3 is 15.4 Å². The minimum Gasteiger partial charge on any atom is -0.376 e. The number of aromatic nitrogens is 1. The number of amides is 1. The zero-order valence-corrected chi connectivity index (χ0v) is 14.3. The van der Waals surface area contributed by atoms with E-state index >= 15 is 0 Å². The molecule has 0 radical (unpaired) electrons. The third kappa shape index (κ3) is 4.24. The topological polar surface area (TPSA) is 63.2 Å². The van der Waals surface area contributed by atoms with Crippen molar-refractivity contribution in [2.45, 2.75) is 25.9 Å². The molecule has 0 aliphatic carbocycles. The molecule has 5 nitrogen and oxygen atoms in total. The molecule has 1 aliphatic heterocycles. The van der Waals surface area contributed by atoms with Crippen LogP contribution in [0.15, 0.2) is 36.7 Å². The summed E-state index contributed by atoms with van der Waals surface area (Å²) in [5, 5.41) is 6.86. The van der Waals surface area contributed by atoms with Crippen molar-refractivity contribution in [3.05, 3.63) is 52.8 Å². The van der Waals surface area contributed by atoms with E-state index in [0.717, 1.165) is 36.4 Å². The van der Waals surface area contributed by atoms with Gasteiger partial charge in [-0.3, -0.25) is 9.78 Å². The molecule has 2 aromatic rings. The Hall–Kier alpha value is -2.11. The van der Waals surface area contributed by atoms with Gasteiger partial charge in [-0.15, -0.1) is 0 Å². The Morgan fingerprint density at radius 1 is 1.38 bits per heavy atom. The summed E-state index contributed by atoms with van der Waals surface area (Å²) < 4.78 is 5.51. The number of aryl methyl sites for hydroxylation is 1. The molecule has 1 aromatic carbocycles. The minimum atomic E-state index is -0.144. The number of carbonyl (C=O) groups excluding carboxylic acids is 1. The molecule has 126 valence electrons. The van der Waals surface area contributed by atoms with Crippen LogP contribution in [0.1, 0.15) is 28.8 Å². The summed E-state index contributed by atoms with van der Waals surface area (Å²) in [4.78, 5) is 16.4. The largest absolute Gasteiger partial charge is 0.376 e. The lowest BCUT2D eigenvalue weighted by Gasteiger charge is -2.12. The van der Waals surface area contributed by atoms with Crippen LogP contribution >= 0.6 is 11.6 Å². The van der Waals surface area contributed by atoms with Crippen LogP contribution < -0.4 is 10.6 Å². The van der Waals surface area contributed by atoms with E-state index < -0.39 is 0 Å². The monoisotopic (exact) mass is 345 g/mol. The van der Waals surface area contributed by atoms with E-state index in [2.05, 4.69) is 15.6 Å².